The molecule has 3 aromatic rings. The molecule has 5 rings (SSSR count). The van der Waals surface area contributed by atoms with Crippen molar-refractivity contribution in [3.63, 3.8) is 0 Å². The number of hydrogen-bond donors (Lipinski definition) is 0. The maximum absolute atomic E-state index is 13.2. The van der Waals surface area contributed by atoms with Crippen LogP contribution < -0.4 is 0 Å². The van der Waals surface area contributed by atoms with Crippen LogP contribution in [-0.4, -0.2) is 21.8 Å². The van der Waals surface area contributed by atoms with E-state index in [1.54, 1.807) is 11.3 Å². The summed E-state index contributed by atoms with van der Waals surface area (Å²) in [6.07, 6.45) is 8.04. The smallest absolute Gasteiger partial charge is 0.223 e. The monoisotopic (exact) mass is 404 g/mol. The van der Waals surface area contributed by atoms with Crippen molar-refractivity contribution in [1.82, 2.24) is 9.88 Å². The molecule has 3 nitrogen and oxygen atoms in total. The van der Waals surface area contributed by atoms with Crippen molar-refractivity contribution >= 4 is 28.1 Å². The molecule has 1 amide bonds. The number of hydrogen-bond acceptors (Lipinski definition) is 3. The fourth-order valence-electron chi connectivity index (χ4n) is 4.64. The summed E-state index contributed by atoms with van der Waals surface area (Å²) >= 11 is 1.72. The molecule has 29 heavy (non-hydrogen) atoms. The van der Waals surface area contributed by atoms with Crippen LogP contribution in [0.3, 0.4) is 0 Å². The van der Waals surface area contributed by atoms with Crippen LogP contribution in [0.15, 0.2) is 41.8 Å². The average molecular weight is 405 g/mol. The summed E-state index contributed by atoms with van der Waals surface area (Å²) in [7, 11) is 0. The van der Waals surface area contributed by atoms with Gasteiger partial charge in [-0.25, -0.2) is 4.98 Å². The molecule has 150 valence electrons. The Bertz CT molecular complexity index is 1020. The van der Waals surface area contributed by atoms with Gasteiger partial charge in [0.25, 0.3) is 0 Å². The molecule has 2 saturated carbocycles. The van der Waals surface area contributed by atoms with Gasteiger partial charge in [-0.15, -0.1) is 11.3 Å². The number of aromatic nitrogens is 1. The van der Waals surface area contributed by atoms with Crippen LogP contribution >= 0.6 is 11.3 Å². The Hall–Kier alpha value is -2.20. The van der Waals surface area contributed by atoms with E-state index in [9.17, 15) is 4.79 Å². The third kappa shape index (κ3) is 4.09. The molecule has 0 N–H and O–H groups in total. The summed E-state index contributed by atoms with van der Waals surface area (Å²) < 4.78 is 0. The third-order valence-corrected chi connectivity index (χ3v) is 7.27. The van der Waals surface area contributed by atoms with E-state index in [1.807, 2.05) is 0 Å². The molecule has 4 heteroatoms. The molecule has 1 aromatic carbocycles. The van der Waals surface area contributed by atoms with Crippen LogP contribution in [0.4, 0.5) is 0 Å². The topological polar surface area (TPSA) is 33.2 Å². The summed E-state index contributed by atoms with van der Waals surface area (Å²) in [6, 6.07) is 13.4. The Labute approximate surface area is 176 Å². The molecule has 0 bridgehead atoms. The number of thiophene rings is 1. The van der Waals surface area contributed by atoms with Crippen LogP contribution in [0.25, 0.3) is 21.5 Å². The maximum Gasteiger partial charge on any atom is 0.223 e. The van der Waals surface area contributed by atoms with E-state index < -0.39 is 0 Å². The highest BCUT2D eigenvalue weighted by molar-refractivity contribution is 7.13. The maximum atomic E-state index is 13.2. The second-order valence-corrected chi connectivity index (χ2v) is 9.72. The normalized spacial score (nSPS) is 17.1. The van der Waals surface area contributed by atoms with Crippen molar-refractivity contribution in [3.05, 3.63) is 52.9 Å². The number of aryl methyl sites for hydroxylation is 1. The average Bonchev–Trinajstić information content (AvgIpc) is 3.17. The second kappa shape index (κ2) is 7.91. The number of amides is 1. The minimum Gasteiger partial charge on any atom is -0.335 e. The highest BCUT2D eigenvalue weighted by atomic mass is 32.1. The minimum absolute atomic E-state index is 0.348. The Balaban J connectivity index is 1.49. The first kappa shape index (κ1) is 18.8. The van der Waals surface area contributed by atoms with E-state index in [2.05, 4.69) is 53.6 Å². The molecule has 0 spiro atoms. The molecule has 2 aliphatic rings. The molecule has 2 aromatic heterocycles. The highest BCUT2D eigenvalue weighted by Crippen LogP contribution is 2.35. The Morgan fingerprint density at radius 1 is 1.14 bits per heavy atom. The predicted octanol–water partition coefficient (Wildman–Crippen LogP) is 6.34. The summed E-state index contributed by atoms with van der Waals surface area (Å²) in [5.41, 5.74) is 4.47. The highest BCUT2D eigenvalue weighted by Gasteiger charge is 2.34. The lowest BCUT2D eigenvalue weighted by atomic mass is 10.0. The number of carbonyl (C=O) groups is 1. The molecular formula is C25H28N2OS. The van der Waals surface area contributed by atoms with E-state index in [0.717, 1.165) is 35.9 Å². The van der Waals surface area contributed by atoms with Gasteiger partial charge in [0.15, 0.2) is 0 Å². The van der Waals surface area contributed by atoms with Gasteiger partial charge in [0.2, 0.25) is 5.91 Å². The lowest BCUT2D eigenvalue weighted by Gasteiger charge is -2.25. The van der Waals surface area contributed by atoms with Crippen LogP contribution in [-0.2, 0) is 11.3 Å². The molecular weight excluding hydrogens is 376 g/mol. The van der Waals surface area contributed by atoms with Crippen molar-refractivity contribution in [2.24, 2.45) is 5.92 Å². The van der Waals surface area contributed by atoms with Gasteiger partial charge >= 0.3 is 0 Å². The van der Waals surface area contributed by atoms with Gasteiger partial charge in [0, 0.05) is 24.4 Å². The van der Waals surface area contributed by atoms with Crippen LogP contribution in [0.5, 0.6) is 0 Å². The zero-order chi connectivity index (χ0) is 19.8. The van der Waals surface area contributed by atoms with Crippen LogP contribution in [0.1, 0.15) is 56.1 Å². The minimum atomic E-state index is 0.348. The Morgan fingerprint density at radius 2 is 1.97 bits per heavy atom. The lowest BCUT2D eigenvalue weighted by Crippen LogP contribution is -2.33. The predicted molar refractivity (Wildman–Crippen MR) is 120 cm³/mol. The third-order valence-electron chi connectivity index (χ3n) is 6.39. The van der Waals surface area contributed by atoms with E-state index >= 15 is 0 Å². The quantitative estimate of drug-likeness (QED) is 0.480. The number of carbonyl (C=O) groups excluding carboxylic acids is 1. The van der Waals surface area contributed by atoms with Gasteiger partial charge in [-0.3, -0.25) is 4.79 Å². The van der Waals surface area contributed by atoms with E-state index in [-0.39, 0.29) is 0 Å². The summed E-state index contributed by atoms with van der Waals surface area (Å²) in [5, 5.41) is 3.26. The molecule has 0 unspecified atom stereocenters. The summed E-state index contributed by atoms with van der Waals surface area (Å²) in [4.78, 5) is 21.6. The zero-order valence-corrected chi connectivity index (χ0v) is 17.9. The summed E-state index contributed by atoms with van der Waals surface area (Å²) in [5.74, 6) is 0.943. The fraction of sp³-hybridized carbons (Fsp3) is 0.440. The van der Waals surface area contributed by atoms with Crippen molar-refractivity contribution in [2.75, 3.05) is 0 Å². The van der Waals surface area contributed by atoms with Crippen molar-refractivity contribution in [1.29, 1.82) is 0 Å². The lowest BCUT2D eigenvalue weighted by molar-refractivity contribution is -0.133. The molecule has 2 heterocycles. The van der Waals surface area contributed by atoms with Crippen molar-refractivity contribution in [3.8, 4) is 10.6 Å². The molecule has 2 aliphatic carbocycles. The number of benzene rings is 1. The van der Waals surface area contributed by atoms with Gasteiger partial charge in [0.05, 0.1) is 16.1 Å². The van der Waals surface area contributed by atoms with Gasteiger partial charge < -0.3 is 4.90 Å². The molecule has 0 aliphatic heterocycles. The number of rotatable bonds is 6. The van der Waals surface area contributed by atoms with Crippen molar-refractivity contribution < 1.29 is 4.79 Å². The largest absolute Gasteiger partial charge is 0.335 e. The molecule has 0 atom stereocenters. The van der Waals surface area contributed by atoms with Crippen LogP contribution in [0, 0.1) is 12.8 Å². The van der Waals surface area contributed by atoms with Gasteiger partial charge in [-0.1, -0.05) is 31.0 Å². The van der Waals surface area contributed by atoms with Crippen molar-refractivity contribution in [2.45, 2.75) is 64.5 Å². The summed E-state index contributed by atoms with van der Waals surface area (Å²) in [6.45, 7) is 2.79. The Kier molecular flexibility index (Phi) is 5.13. The number of fused-ring (bicyclic) bond motifs is 1. The van der Waals surface area contributed by atoms with E-state index in [4.69, 9.17) is 4.98 Å². The standard InChI is InChI=1S/C25H28N2OS/c1-17-8-9-19-15-20(25(26-22(19)13-17)23-7-4-12-29-23)16-27(21-10-11-21)24(28)14-18-5-2-3-6-18/h4,7-9,12-13,15,18,21H,2-3,5-6,10-11,14,16H2,1H3. The van der Waals surface area contributed by atoms with Gasteiger partial charge in [-0.05, 0) is 73.2 Å². The molecule has 0 saturated heterocycles. The van der Waals surface area contributed by atoms with E-state index in [0.29, 0.717) is 24.4 Å². The van der Waals surface area contributed by atoms with Crippen LogP contribution in [0.2, 0.25) is 0 Å². The number of nitrogens with zero attached hydrogens (tertiary/aromatic N) is 2. The van der Waals surface area contributed by atoms with Gasteiger partial charge in [-0.2, -0.15) is 0 Å². The first-order valence-electron chi connectivity index (χ1n) is 10.9. The number of pyridine rings is 1. The zero-order valence-electron chi connectivity index (χ0n) is 17.1. The molecule has 0 radical (unpaired) electrons. The Morgan fingerprint density at radius 3 is 2.69 bits per heavy atom. The van der Waals surface area contributed by atoms with E-state index in [1.165, 1.54) is 41.7 Å². The first-order chi connectivity index (χ1) is 14.2. The fourth-order valence-corrected chi connectivity index (χ4v) is 5.39. The molecule has 2 fully saturated rings. The first-order valence-corrected chi connectivity index (χ1v) is 11.8. The second-order valence-electron chi connectivity index (χ2n) is 8.78. The SMILES string of the molecule is Cc1ccc2cc(CN(C(=O)CC3CCCC3)C3CC3)c(-c3cccs3)nc2c1. The van der Waals surface area contributed by atoms with Gasteiger partial charge in [0.1, 0.15) is 0 Å².